The van der Waals surface area contributed by atoms with Crippen LogP contribution in [0.3, 0.4) is 0 Å². The Labute approximate surface area is 105 Å². The van der Waals surface area contributed by atoms with Crippen molar-refractivity contribution >= 4 is 21.9 Å². The molecule has 1 aromatic carbocycles. The highest BCUT2D eigenvalue weighted by molar-refractivity contribution is 9.10. The van der Waals surface area contributed by atoms with Crippen LogP contribution in [-0.4, -0.2) is 20.9 Å². The van der Waals surface area contributed by atoms with E-state index in [-0.39, 0.29) is 5.56 Å². The fourth-order valence-electron chi connectivity index (χ4n) is 1.57. The van der Waals surface area contributed by atoms with Gasteiger partial charge in [-0.15, -0.1) is 0 Å². The predicted octanol–water partition coefficient (Wildman–Crippen LogP) is 1.93. The lowest BCUT2D eigenvalue weighted by Crippen LogP contribution is -2.20. The zero-order valence-corrected chi connectivity index (χ0v) is 10.5. The molecule has 0 atom stereocenters. The summed E-state index contributed by atoms with van der Waals surface area (Å²) < 4.78 is 2.11. The first-order chi connectivity index (χ1) is 8.00. The molecule has 0 fully saturated rings. The number of H-pyrrole nitrogens is 1. The van der Waals surface area contributed by atoms with Gasteiger partial charge in [0.1, 0.15) is 5.56 Å². The van der Waals surface area contributed by atoms with Gasteiger partial charge in [0.25, 0.3) is 5.56 Å². The van der Waals surface area contributed by atoms with Crippen LogP contribution in [0, 0.1) is 6.92 Å². The molecule has 0 saturated heterocycles. The molecule has 88 valence electrons. The van der Waals surface area contributed by atoms with Gasteiger partial charge in [-0.1, -0.05) is 15.9 Å². The van der Waals surface area contributed by atoms with Crippen LogP contribution in [-0.2, 0) is 0 Å². The van der Waals surface area contributed by atoms with Crippen molar-refractivity contribution in [1.82, 2.24) is 9.78 Å². The number of carbonyl (C=O) groups is 1. The highest BCUT2D eigenvalue weighted by Crippen LogP contribution is 2.17. The minimum Gasteiger partial charge on any atom is -0.477 e. The fraction of sp³-hybridized carbons (Fsp3) is 0.0909. The normalized spacial score (nSPS) is 10.5. The quantitative estimate of drug-likeness (QED) is 0.889. The molecule has 5 nitrogen and oxygen atoms in total. The number of nitrogens with zero attached hydrogens (tertiary/aromatic N) is 1. The fourth-order valence-corrected chi connectivity index (χ4v) is 2.05. The molecule has 0 aliphatic heterocycles. The van der Waals surface area contributed by atoms with Crippen LogP contribution in [0.5, 0.6) is 0 Å². The van der Waals surface area contributed by atoms with Crippen LogP contribution >= 0.6 is 15.9 Å². The van der Waals surface area contributed by atoms with Gasteiger partial charge in [0.2, 0.25) is 0 Å². The number of halogens is 1. The van der Waals surface area contributed by atoms with Gasteiger partial charge in [0.05, 0.1) is 5.69 Å². The minimum absolute atomic E-state index is 0.271. The Kier molecular flexibility index (Phi) is 2.89. The molecule has 17 heavy (non-hydrogen) atoms. The Bertz CT molecular complexity index is 642. The van der Waals surface area contributed by atoms with Gasteiger partial charge >= 0.3 is 5.97 Å². The topological polar surface area (TPSA) is 75.1 Å². The van der Waals surface area contributed by atoms with Crippen LogP contribution in [0.25, 0.3) is 5.69 Å². The van der Waals surface area contributed by atoms with Gasteiger partial charge in [-0.05, 0) is 30.7 Å². The largest absolute Gasteiger partial charge is 0.477 e. The van der Waals surface area contributed by atoms with Gasteiger partial charge in [-0.3, -0.25) is 9.89 Å². The van der Waals surface area contributed by atoms with E-state index in [4.69, 9.17) is 5.11 Å². The van der Waals surface area contributed by atoms with E-state index in [1.807, 2.05) is 13.0 Å². The molecule has 0 bridgehead atoms. The zero-order valence-electron chi connectivity index (χ0n) is 8.90. The molecule has 0 radical (unpaired) electrons. The van der Waals surface area contributed by atoms with Crippen LogP contribution in [0.15, 0.2) is 33.7 Å². The lowest BCUT2D eigenvalue weighted by atomic mass is 10.2. The SMILES string of the molecule is Cc1cc(Br)ccc1-n1[nH]cc(C(=O)O)c1=O. The number of carboxylic acids is 1. The zero-order chi connectivity index (χ0) is 12.6. The second-order valence-corrected chi connectivity index (χ2v) is 4.48. The first-order valence-electron chi connectivity index (χ1n) is 4.81. The highest BCUT2D eigenvalue weighted by Gasteiger charge is 2.14. The number of hydrogen-bond donors (Lipinski definition) is 2. The van der Waals surface area contributed by atoms with E-state index in [0.717, 1.165) is 10.0 Å². The summed E-state index contributed by atoms with van der Waals surface area (Å²) in [5, 5.41) is 11.4. The highest BCUT2D eigenvalue weighted by atomic mass is 79.9. The second-order valence-electron chi connectivity index (χ2n) is 3.56. The van der Waals surface area contributed by atoms with Crippen molar-refractivity contribution in [1.29, 1.82) is 0 Å². The summed E-state index contributed by atoms with van der Waals surface area (Å²) in [6.07, 6.45) is 1.19. The van der Waals surface area contributed by atoms with Crippen LogP contribution < -0.4 is 5.56 Å². The minimum atomic E-state index is -1.24. The molecule has 1 aromatic heterocycles. The third kappa shape index (κ3) is 2.03. The summed E-state index contributed by atoms with van der Waals surface area (Å²) in [4.78, 5) is 22.6. The van der Waals surface area contributed by atoms with Gasteiger partial charge in [0, 0.05) is 10.7 Å². The molecule has 0 unspecified atom stereocenters. The van der Waals surface area contributed by atoms with E-state index in [1.165, 1.54) is 10.9 Å². The first-order valence-corrected chi connectivity index (χ1v) is 5.60. The smallest absolute Gasteiger partial charge is 0.342 e. The number of nitrogens with one attached hydrogen (secondary N) is 1. The summed E-state index contributed by atoms with van der Waals surface area (Å²) in [5.74, 6) is -1.24. The summed E-state index contributed by atoms with van der Waals surface area (Å²) in [7, 11) is 0. The monoisotopic (exact) mass is 296 g/mol. The van der Waals surface area contributed by atoms with E-state index < -0.39 is 11.5 Å². The van der Waals surface area contributed by atoms with Crippen molar-refractivity contribution in [3.05, 3.63) is 50.3 Å². The number of benzene rings is 1. The third-order valence-electron chi connectivity index (χ3n) is 2.40. The molecule has 0 spiro atoms. The summed E-state index contributed by atoms with van der Waals surface area (Å²) in [5.41, 5.74) is 0.654. The predicted molar refractivity (Wildman–Crippen MR) is 65.8 cm³/mol. The standard InChI is InChI=1S/C11H9BrN2O3/c1-6-4-7(12)2-3-9(6)14-10(15)8(5-13-14)11(16)17/h2-5,13H,1H3,(H,16,17). The maximum Gasteiger partial charge on any atom is 0.342 e. The van der Waals surface area contributed by atoms with Crippen molar-refractivity contribution < 1.29 is 9.90 Å². The average molecular weight is 297 g/mol. The Morgan fingerprint density at radius 1 is 1.47 bits per heavy atom. The van der Waals surface area contributed by atoms with Gasteiger partial charge < -0.3 is 5.11 Å². The van der Waals surface area contributed by atoms with Crippen molar-refractivity contribution in [3.63, 3.8) is 0 Å². The molecule has 0 aliphatic rings. The summed E-state index contributed by atoms with van der Waals surface area (Å²) >= 11 is 3.32. The van der Waals surface area contributed by atoms with E-state index in [2.05, 4.69) is 21.0 Å². The Morgan fingerprint density at radius 2 is 2.18 bits per heavy atom. The Balaban J connectivity index is 2.62. The van der Waals surface area contributed by atoms with Crippen LogP contribution in [0.1, 0.15) is 15.9 Å². The number of aromatic amines is 1. The molecule has 0 aliphatic carbocycles. The number of aromatic nitrogens is 2. The van der Waals surface area contributed by atoms with E-state index >= 15 is 0 Å². The van der Waals surface area contributed by atoms with Crippen molar-refractivity contribution in [2.45, 2.75) is 6.92 Å². The lowest BCUT2D eigenvalue weighted by molar-refractivity contribution is 0.0695. The number of aromatic carboxylic acids is 1. The van der Waals surface area contributed by atoms with E-state index in [9.17, 15) is 9.59 Å². The molecular formula is C11H9BrN2O3. The van der Waals surface area contributed by atoms with E-state index in [1.54, 1.807) is 12.1 Å². The number of carboxylic acid groups (broad SMARTS) is 1. The molecule has 2 N–H and O–H groups in total. The molecule has 0 amide bonds. The van der Waals surface area contributed by atoms with Gasteiger partial charge in [-0.2, -0.15) is 0 Å². The maximum absolute atomic E-state index is 11.8. The van der Waals surface area contributed by atoms with Crippen LogP contribution in [0.2, 0.25) is 0 Å². The lowest BCUT2D eigenvalue weighted by Gasteiger charge is -2.05. The average Bonchev–Trinajstić information content (AvgIpc) is 2.60. The van der Waals surface area contributed by atoms with E-state index in [0.29, 0.717) is 5.69 Å². The molecular weight excluding hydrogens is 288 g/mol. The molecule has 2 rings (SSSR count). The van der Waals surface area contributed by atoms with Gasteiger partial charge in [-0.25, -0.2) is 9.48 Å². The second kappa shape index (κ2) is 4.21. The molecule has 6 heteroatoms. The van der Waals surface area contributed by atoms with Crippen LogP contribution in [0.4, 0.5) is 0 Å². The molecule has 1 heterocycles. The number of hydrogen-bond acceptors (Lipinski definition) is 2. The molecule has 2 aromatic rings. The summed E-state index contributed by atoms with van der Waals surface area (Å²) in [6.45, 7) is 1.84. The van der Waals surface area contributed by atoms with Gasteiger partial charge in [0.15, 0.2) is 0 Å². The number of aryl methyl sites for hydroxylation is 1. The summed E-state index contributed by atoms with van der Waals surface area (Å²) in [6, 6.07) is 5.38. The third-order valence-corrected chi connectivity index (χ3v) is 2.89. The number of rotatable bonds is 2. The van der Waals surface area contributed by atoms with Crippen molar-refractivity contribution in [2.24, 2.45) is 0 Å². The maximum atomic E-state index is 11.8. The Hall–Kier alpha value is -1.82. The molecule has 0 saturated carbocycles. The van der Waals surface area contributed by atoms with Crippen molar-refractivity contribution in [2.75, 3.05) is 0 Å². The first kappa shape index (κ1) is 11.7. The Morgan fingerprint density at radius 3 is 2.71 bits per heavy atom. The van der Waals surface area contributed by atoms with Crippen molar-refractivity contribution in [3.8, 4) is 5.69 Å².